The van der Waals surface area contributed by atoms with Crippen LogP contribution in [0.25, 0.3) is 11.1 Å². The van der Waals surface area contributed by atoms with Crippen molar-refractivity contribution in [1.29, 1.82) is 0 Å². The number of carbonyl (C=O) groups is 1. The number of rotatable bonds is 6. The van der Waals surface area contributed by atoms with Gasteiger partial charge in [-0.2, -0.15) is 0 Å². The Hall–Kier alpha value is -3.50. The van der Waals surface area contributed by atoms with Crippen LogP contribution in [-0.2, 0) is 6.42 Å². The molecule has 0 N–H and O–H groups in total. The first-order chi connectivity index (χ1) is 15.9. The van der Waals surface area contributed by atoms with Gasteiger partial charge in [0.1, 0.15) is 17.4 Å². The quantitative estimate of drug-likeness (QED) is 0.215. The third-order valence-corrected chi connectivity index (χ3v) is 5.75. The van der Waals surface area contributed by atoms with E-state index in [1.54, 1.807) is 48.5 Å². The molecule has 0 saturated carbocycles. The summed E-state index contributed by atoms with van der Waals surface area (Å²) in [6, 6.07) is 25.2. The molecular formula is C28H21ClF2O2. The van der Waals surface area contributed by atoms with Gasteiger partial charge in [0.25, 0.3) is 0 Å². The van der Waals surface area contributed by atoms with E-state index in [9.17, 15) is 13.6 Å². The van der Waals surface area contributed by atoms with E-state index in [1.165, 1.54) is 12.1 Å². The first-order valence-electron chi connectivity index (χ1n) is 10.5. The van der Waals surface area contributed by atoms with Crippen molar-refractivity contribution in [2.75, 3.05) is 0 Å². The number of ether oxygens (including phenoxy) is 1. The van der Waals surface area contributed by atoms with Crippen LogP contribution in [0.1, 0.15) is 34.3 Å². The molecule has 0 heterocycles. The van der Waals surface area contributed by atoms with Crippen LogP contribution in [0.3, 0.4) is 0 Å². The highest BCUT2D eigenvalue weighted by atomic mass is 35.5. The van der Waals surface area contributed by atoms with Gasteiger partial charge in [-0.05, 0) is 77.6 Å². The van der Waals surface area contributed by atoms with Crippen LogP contribution in [0.4, 0.5) is 8.78 Å². The molecule has 0 radical (unpaired) electrons. The Kier molecular flexibility index (Phi) is 6.85. The van der Waals surface area contributed by atoms with E-state index in [0.717, 1.165) is 5.56 Å². The van der Waals surface area contributed by atoms with Gasteiger partial charge in [-0.25, -0.2) is 13.6 Å². The van der Waals surface area contributed by atoms with Crippen LogP contribution in [-0.4, -0.2) is 5.97 Å². The highest BCUT2D eigenvalue weighted by Gasteiger charge is 2.17. The maximum absolute atomic E-state index is 14.8. The molecule has 0 amide bonds. The van der Waals surface area contributed by atoms with Crippen molar-refractivity contribution in [3.8, 4) is 16.9 Å². The van der Waals surface area contributed by atoms with Crippen molar-refractivity contribution >= 4 is 17.6 Å². The summed E-state index contributed by atoms with van der Waals surface area (Å²) < 4.78 is 35.0. The first-order valence-corrected chi connectivity index (χ1v) is 10.9. The van der Waals surface area contributed by atoms with Crippen molar-refractivity contribution in [2.45, 2.75) is 19.3 Å². The number of hydrogen-bond donors (Lipinski definition) is 0. The van der Waals surface area contributed by atoms with Crippen LogP contribution in [0, 0.1) is 11.6 Å². The molecule has 33 heavy (non-hydrogen) atoms. The molecule has 0 aromatic heterocycles. The molecule has 4 aromatic carbocycles. The molecule has 0 fully saturated rings. The van der Waals surface area contributed by atoms with E-state index in [-0.39, 0.29) is 17.9 Å². The summed E-state index contributed by atoms with van der Waals surface area (Å²) in [7, 11) is 0. The molecule has 5 heteroatoms. The van der Waals surface area contributed by atoms with E-state index < -0.39 is 17.6 Å². The molecule has 1 atom stereocenters. The van der Waals surface area contributed by atoms with E-state index in [0.29, 0.717) is 27.5 Å². The topological polar surface area (TPSA) is 26.3 Å². The molecular weight excluding hydrogens is 442 g/mol. The lowest BCUT2D eigenvalue weighted by Gasteiger charge is -2.14. The van der Waals surface area contributed by atoms with Gasteiger partial charge >= 0.3 is 5.97 Å². The third kappa shape index (κ3) is 5.47. The Balaban J connectivity index is 1.49. The second-order valence-electron chi connectivity index (χ2n) is 7.86. The highest BCUT2D eigenvalue weighted by molar-refractivity contribution is 6.30. The van der Waals surface area contributed by atoms with E-state index >= 15 is 0 Å². The van der Waals surface area contributed by atoms with Gasteiger partial charge in [0, 0.05) is 10.6 Å². The van der Waals surface area contributed by atoms with Gasteiger partial charge in [-0.15, -0.1) is 0 Å². The predicted molar refractivity (Wildman–Crippen MR) is 127 cm³/mol. The van der Waals surface area contributed by atoms with Crippen molar-refractivity contribution in [3.05, 3.63) is 124 Å². The second kappa shape index (κ2) is 9.97. The van der Waals surface area contributed by atoms with Gasteiger partial charge in [-0.1, -0.05) is 61.0 Å². The van der Waals surface area contributed by atoms with Crippen molar-refractivity contribution < 1.29 is 18.3 Å². The average Bonchev–Trinajstić information content (AvgIpc) is 2.83. The molecule has 166 valence electrons. The number of halogens is 3. The van der Waals surface area contributed by atoms with Gasteiger partial charge in [-0.3, -0.25) is 0 Å². The molecule has 2 nitrogen and oxygen atoms in total. The van der Waals surface area contributed by atoms with Gasteiger partial charge in [0.2, 0.25) is 0 Å². The average molecular weight is 463 g/mol. The molecule has 0 aliphatic carbocycles. The van der Waals surface area contributed by atoms with Crippen LogP contribution in [0.15, 0.2) is 91.0 Å². The van der Waals surface area contributed by atoms with Crippen LogP contribution >= 0.6 is 11.6 Å². The Morgan fingerprint density at radius 2 is 1.45 bits per heavy atom. The van der Waals surface area contributed by atoms with E-state index in [4.69, 9.17) is 16.3 Å². The molecule has 4 aromatic rings. The lowest BCUT2D eigenvalue weighted by molar-refractivity contribution is 0.0735. The van der Waals surface area contributed by atoms with Gasteiger partial charge in [0.15, 0.2) is 0 Å². The molecule has 0 bridgehead atoms. The van der Waals surface area contributed by atoms with E-state index in [1.807, 2.05) is 37.3 Å². The summed E-state index contributed by atoms with van der Waals surface area (Å²) in [6.45, 7) is 1.95. The predicted octanol–water partition coefficient (Wildman–Crippen LogP) is 7.85. The molecule has 0 saturated heterocycles. The number of esters is 1. The zero-order valence-corrected chi connectivity index (χ0v) is 18.7. The third-order valence-electron chi connectivity index (χ3n) is 5.50. The summed E-state index contributed by atoms with van der Waals surface area (Å²) in [5.41, 5.74) is 2.42. The minimum Gasteiger partial charge on any atom is -0.423 e. The molecule has 0 unspecified atom stereocenters. The number of carbonyl (C=O) groups excluding carboxylic acids is 1. The van der Waals surface area contributed by atoms with Gasteiger partial charge < -0.3 is 4.74 Å². The monoisotopic (exact) mass is 462 g/mol. The number of benzene rings is 4. The maximum atomic E-state index is 14.8. The normalized spacial score (nSPS) is 11.8. The van der Waals surface area contributed by atoms with E-state index in [2.05, 4.69) is 0 Å². The fourth-order valence-electron chi connectivity index (χ4n) is 3.64. The Labute approximate surface area is 196 Å². The molecule has 0 aliphatic heterocycles. The standard InChI is InChI=1S/C28H21ClF2O2/c1-18(19-5-3-2-4-6-19)15-25-26(30)16-22(17-27(25)31)20-7-9-21(10-8-20)28(32)33-24-13-11-23(29)12-14-24/h2-14,16-18H,15H2,1H3/t18-/m0/s1. The van der Waals surface area contributed by atoms with Crippen molar-refractivity contribution in [1.82, 2.24) is 0 Å². The smallest absolute Gasteiger partial charge is 0.343 e. The fraction of sp³-hybridized carbons (Fsp3) is 0.107. The zero-order valence-electron chi connectivity index (χ0n) is 17.9. The summed E-state index contributed by atoms with van der Waals surface area (Å²) in [5, 5.41) is 0.541. The summed E-state index contributed by atoms with van der Waals surface area (Å²) >= 11 is 5.83. The minimum absolute atomic E-state index is 0.0213. The summed E-state index contributed by atoms with van der Waals surface area (Å²) in [5.74, 6) is -1.35. The van der Waals surface area contributed by atoms with Crippen molar-refractivity contribution in [2.24, 2.45) is 0 Å². The summed E-state index contributed by atoms with van der Waals surface area (Å²) in [4.78, 5) is 12.3. The largest absolute Gasteiger partial charge is 0.423 e. The highest BCUT2D eigenvalue weighted by Crippen LogP contribution is 2.29. The molecule has 4 rings (SSSR count). The Bertz CT molecular complexity index is 1230. The number of hydrogen-bond acceptors (Lipinski definition) is 2. The lowest BCUT2D eigenvalue weighted by Crippen LogP contribution is -2.08. The maximum Gasteiger partial charge on any atom is 0.343 e. The zero-order chi connectivity index (χ0) is 23.4. The molecule has 0 aliphatic rings. The first kappa shape index (κ1) is 22.7. The fourth-order valence-corrected chi connectivity index (χ4v) is 3.76. The van der Waals surface area contributed by atoms with Crippen LogP contribution < -0.4 is 4.74 Å². The summed E-state index contributed by atoms with van der Waals surface area (Å²) in [6.07, 6.45) is 0.261. The lowest BCUT2D eigenvalue weighted by atomic mass is 9.92. The molecule has 0 spiro atoms. The SMILES string of the molecule is C[C@@H](Cc1c(F)cc(-c2ccc(C(=O)Oc3ccc(Cl)cc3)cc2)cc1F)c1ccccc1. The van der Waals surface area contributed by atoms with Crippen LogP contribution in [0.2, 0.25) is 5.02 Å². The van der Waals surface area contributed by atoms with Crippen LogP contribution in [0.5, 0.6) is 5.75 Å². The van der Waals surface area contributed by atoms with Gasteiger partial charge in [0.05, 0.1) is 5.56 Å². The van der Waals surface area contributed by atoms with Crippen molar-refractivity contribution in [3.63, 3.8) is 0 Å². The Morgan fingerprint density at radius 1 is 0.848 bits per heavy atom. The minimum atomic E-state index is -0.584. The second-order valence-corrected chi connectivity index (χ2v) is 8.29. The Morgan fingerprint density at radius 3 is 2.06 bits per heavy atom.